The van der Waals surface area contributed by atoms with E-state index in [1.165, 1.54) is 0 Å². The predicted octanol–water partition coefficient (Wildman–Crippen LogP) is 3.78. The number of hydrogen-bond acceptors (Lipinski definition) is 4. The summed E-state index contributed by atoms with van der Waals surface area (Å²) in [6.07, 6.45) is 8.05. The van der Waals surface area contributed by atoms with Crippen molar-refractivity contribution in [1.29, 1.82) is 0 Å². The number of rotatable bonds is 5. The Bertz CT molecular complexity index is 902. The van der Waals surface area contributed by atoms with E-state index in [1.54, 1.807) is 19.1 Å². The average molecular weight is 362 g/mol. The largest absolute Gasteiger partial charge is 0.497 e. The summed E-state index contributed by atoms with van der Waals surface area (Å²) >= 11 is 0. The molecule has 2 heterocycles. The van der Waals surface area contributed by atoms with Gasteiger partial charge in [0.25, 0.3) is 0 Å². The number of nitrogens with zero attached hydrogens (tertiary/aromatic N) is 2. The zero-order valence-electron chi connectivity index (χ0n) is 15.5. The van der Waals surface area contributed by atoms with Gasteiger partial charge >= 0.3 is 0 Å². The number of benzene rings is 1. The van der Waals surface area contributed by atoms with Crippen molar-refractivity contribution < 1.29 is 14.3 Å². The molecule has 2 aliphatic rings. The summed E-state index contributed by atoms with van der Waals surface area (Å²) in [5.41, 5.74) is 3.98. The summed E-state index contributed by atoms with van der Waals surface area (Å²) in [4.78, 5) is 18.0. The lowest BCUT2D eigenvalue weighted by atomic mass is 9.83. The Morgan fingerprint density at radius 3 is 2.59 bits per heavy atom. The second kappa shape index (κ2) is 7.27. The number of methoxy groups -OCH3 is 2. The molecular formula is C22H22N2O3. The smallest absolute Gasteiger partial charge is 0.217 e. The van der Waals surface area contributed by atoms with Crippen LogP contribution in [-0.2, 0) is 4.79 Å². The number of aromatic nitrogens is 1. The molecule has 0 N–H and O–H groups in total. The zero-order chi connectivity index (χ0) is 18.8. The van der Waals surface area contributed by atoms with Crippen molar-refractivity contribution >= 4 is 6.41 Å². The molecule has 0 spiro atoms. The number of pyridine rings is 1. The zero-order valence-corrected chi connectivity index (χ0v) is 15.5. The van der Waals surface area contributed by atoms with E-state index in [-0.39, 0.29) is 11.8 Å². The second-order valence-electron chi connectivity index (χ2n) is 6.75. The van der Waals surface area contributed by atoms with E-state index in [0.29, 0.717) is 12.4 Å². The van der Waals surface area contributed by atoms with Gasteiger partial charge in [0.05, 0.1) is 19.9 Å². The molecule has 2 atom stereocenters. The molecule has 1 saturated heterocycles. The maximum atomic E-state index is 11.5. The minimum Gasteiger partial charge on any atom is -0.497 e. The fraction of sp³-hybridized carbons (Fsp3) is 0.273. The first-order chi connectivity index (χ1) is 13.2. The third-order valence-electron chi connectivity index (χ3n) is 5.38. The standard InChI is InChI=1S/C22H22N2O3/c1-26-16-9-7-15(8-10-16)20-12-11-18(22(23-20)27-2)19-13-24(14-25)21-6-4-3-5-17(19)21/h3-4,6-12,14,17,19H,5,13H2,1-2H3. The monoisotopic (exact) mass is 362 g/mol. The van der Waals surface area contributed by atoms with E-state index in [0.717, 1.165) is 41.1 Å². The highest BCUT2D eigenvalue weighted by Gasteiger charge is 2.39. The third kappa shape index (κ3) is 3.10. The van der Waals surface area contributed by atoms with Gasteiger partial charge in [0.2, 0.25) is 12.3 Å². The molecule has 1 fully saturated rings. The van der Waals surface area contributed by atoms with Crippen LogP contribution in [0.3, 0.4) is 0 Å². The maximum Gasteiger partial charge on any atom is 0.217 e. The molecule has 138 valence electrons. The fourth-order valence-electron chi connectivity index (χ4n) is 4.00. The molecule has 4 rings (SSSR count). The Balaban J connectivity index is 1.68. The van der Waals surface area contributed by atoms with Crippen LogP contribution in [0.1, 0.15) is 17.9 Å². The van der Waals surface area contributed by atoms with Gasteiger partial charge in [-0.15, -0.1) is 0 Å². The van der Waals surface area contributed by atoms with Crippen LogP contribution in [0.25, 0.3) is 11.3 Å². The summed E-state index contributed by atoms with van der Waals surface area (Å²) < 4.78 is 10.9. The van der Waals surface area contributed by atoms with Crippen LogP contribution in [-0.4, -0.2) is 37.1 Å². The molecule has 5 nitrogen and oxygen atoms in total. The van der Waals surface area contributed by atoms with E-state index in [4.69, 9.17) is 14.5 Å². The first kappa shape index (κ1) is 17.3. The van der Waals surface area contributed by atoms with Gasteiger partial charge in [-0.3, -0.25) is 4.79 Å². The van der Waals surface area contributed by atoms with Gasteiger partial charge in [-0.25, -0.2) is 4.98 Å². The molecule has 1 amide bonds. The molecule has 0 radical (unpaired) electrons. The Morgan fingerprint density at radius 2 is 1.89 bits per heavy atom. The van der Waals surface area contributed by atoms with E-state index < -0.39 is 0 Å². The molecule has 27 heavy (non-hydrogen) atoms. The number of likely N-dealkylation sites (tertiary alicyclic amines) is 1. The van der Waals surface area contributed by atoms with Crippen LogP contribution < -0.4 is 9.47 Å². The third-order valence-corrected chi connectivity index (χ3v) is 5.38. The topological polar surface area (TPSA) is 51.7 Å². The number of allylic oxidation sites excluding steroid dienone is 4. The Hall–Kier alpha value is -3.08. The van der Waals surface area contributed by atoms with Crippen LogP contribution in [0.5, 0.6) is 11.6 Å². The fourth-order valence-corrected chi connectivity index (χ4v) is 4.00. The van der Waals surface area contributed by atoms with Gasteiger partial charge in [-0.05, 0) is 42.8 Å². The lowest BCUT2D eigenvalue weighted by Crippen LogP contribution is -2.17. The molecule has 5 heteroatoms. The van der Waals surface area contributed by atoms with Crippen molar-refractivity contribution in [2.45, 2.75) is 12.3 Å². The average Bonchev–Trinajstić information content (AvgIpc) is 3.12. The summed E-state index contributed by atoms with van der Waals surface area (Å²) in [5, 5.41) is 0. The lowest BCUT2D eigenvalue weighted by Gasteiger charge is -2.21. The second-order valence-corrected chi connectivity index (χ2v) is 6.75. The van der Waals surface area contributed by atoms with Gasteiger partial charge < -0.3 is 14.4 Å². The van der Waals surface area contributed by atoms with Crippen molar-refractivity contribution in [3.05, 3.63) is 65.9 Å². The molecule has 0 saturated carbocycles. The normalized spacial score (nSPS) is 20.8. The minimum atomic E-state index is 0.179. The van der Waals surface area contributed by atoms with E-state index in [2.05, 4.69) is 12.1 Å². The lowest BCUT2D eigenvalue weighted by molar-refractivity contribution is -0.116. The highest BCUT2D eigenvalue weighted by molar-refractivity contribution is 5.62. The molecule has 1 aliphatic carbocycles. The maximum absolute atomic E-state index is 11.5. The molecule has 2 unspecified atom stereocenters. The Kier molecular flexibility index (Phi) is 4.67. The van der Waals surface area contributed by atoms with Crippen LogP contribution in [0.2, 0.25) is 0 Å². The van der Waals surface area contributed by atoms with Crippen molar-refractivity contribution in [3.8, 4) is 22.9 Å². The molecule has 0 bridgehead atoms. The van der Waals surface area contributed by atoms with E-state index in [9.17, 15) is 4.79 Å². The molecular weight excluding hydrogens is 340 g/mol. The van der Waals surface area contributed by atoms with Crippen LogP contribution in [0.15, 0.2) is 60.3 Å². The minimum absolute atomic E-state index is 0.179. The van der Waals surface area contributed by atoms with Gasteiger partial charge in [0, 0.05) is 35.2 Å². The van der Waals surface area contributed by atoms with Gasteiger partial charge in [0.1, 0.15) is 5.75 Å². The number of ether oxygens (including phenoxy) is 2. The van der Waals surface area contributed by atoms with Crippen molar-refractivity contribution in [2.24, 2.45) is 5.92 Å². The summed E-state index contributed by atoms with van der Waals surface area (Å²) in [6.45, 7) is 0.654. The highest BCUT2D eigenvalue weighted by atomic mass is 16.5. The van der Waals surface area contributed by atoms with Gasteiger partial charge in [-0.2, -0.15) is 0 Å². The molecule has 1 aromatic heterocycles. The highest BCUT2D eigenvalue weighted by Crippen LogP contribution is 2.45. The van der Waals surface area contributed by atoms with Crippen molar-refractivity contribution in [3.63, 3.8) is 0 Å². The quantitative estimate of drug-likeness (QED) is 0.760. The molecule has 2 aromatic rings. The first-order valence-electron chi connectivity index (χ1n) is 9.03. The summed E-state index contributed by atoms with van der Waals surface area (Å²) in [5.74, 6) is 1.89. The van der Waals surface area contributed by atoms with E-state index in [1.807, 2.05) is 42.5 Å². The predicted molar refractivity (Wildman–Crippen MR) is 104 cm³/mol. The molecule has 1 aliphatic heterocycles. The number of amides is 1. The number of carbonyl (C=O) groups is 1. The Morgan fingerprint density at radius 1 is 1.07 bits per heavy atom. The first-order valence-corrected chi connectivity index (χ1v) is 9.03. The summed E-state index contributed by atoms with van der Waals surface area (Å²) in [7, 11) is 3.30. The summed E-state index contributed by atoms with van der Waals surface area (Å²) in [6, 6.07) is 11.9. The van der Waals surface area contributed by atoms with Gasteiger partial charge in [0.15, 0.2) is 0 Å². The van der Waals surface area contributed by atoms with Crippen molar-refractivity contribution in [2.75, 3.05) is 20.8 Å². The van der Waals surface area contributed by atoms with Gasteiger partial charge in [-0.1, -0.05) is 18.2 Å². The van der Waals surface area contributed by atoms with E-state index >= 15 is 0 Å². The number of carbonyl (C=O) groups excluding carboxylic acids is 1. The number of hydrogen-bond donors (Lipinski definition) is 0. The van der Waals surface area contributed by atoms with Crippen molar-refractivity contribution in [1.82, 2.24) is 9.88 Å². The SMILES string of the molecule is COc1ccc(-c2ccc(C3CN(C=O)C4=CC=CCC43)c(OC)n2)cc1. The number of fused-ring (bicyclic) bond motifs is 1. The molecule has 1 aromatic carbocycles. The Labute approximate surface area is 158 Å². The van der Waals surface area contributed by atoms with Crippen LogP contribution in [0.4, 0.5) is 0 Å². The van der Waals surface area contributed by atoms with Crippen LogP contribution in [0, 0.1) is 5.92 Å². The van der Waals surface area contributed by atoms with Crippen LogP contribution >= 0.6 is 0 Å².